The Bertz CT molecular complexity index is 350. The molecular formula is C10H18N4O2. The minimum atomic E-state index is -0.216. The number of hydrogen-bond acceptors (Lipinski definition) is 4. The Labute approximate surface area is 94.7 Å². The average Bonchev–Trinajstić information content (AvgIpc) is 2.75. The molecule has 1 aromatic heterocycles. The number of hydrogen-bond donors (Lipinski definition) is 2. The summed E-state index contributed by atoms with van der Waals surface area (Å²) in [4.78, 5) is 17.3. The maximum atomic E-state index is 11.9. The van der Waals surface area contributed by atoms with E-state index < -0.39 is 0 Å². The van der Waals surface area contributed by atoms with Crippen molar-refractivity contribution in [3.05, 3.63) is 18.2 Å². The lowest BCUT2D eigenvalue weighted by molar-refractivity contribution is 0.0677. The van der Waals surface area contributed by atoms with Gasteiger partial charge < -0.3 is 20.3 Å². The fraction of sp³-hybridized carbons (Fsp3) is 0.600. The molecule has 16 heavy (non-hydrogen) atoms. The Morgan fingerprint density at radius 2 is 2.44 bits per heavy atom. The Morgan fingerprint density at radius 1 is 1.75 bits per heavy atom. The zero-order valence-electron chi connectivity index (χ0n) is 9.63. The van der Waals surface area contributed by atoms with Gasteiger partial charge in [-0.05, 0) is 6.92 Å². The van der Waals surface area contributed by atoms with Crippen LogP contribution >= 0.6 is 0 Å². The summed E-state index contributed by atoms with van der Waals surface area (Å²) >= 11 is 0. The number of nitrogens with two attached hydrogens (primary N) is 1. The van der Waals surface area contributed by atoms with Gasteiger partial charge in [-0.2, -0.15) is 0 Å². The van der Waals surface area contributed by atoms with Gasteiger partial charge in [-0.1, -0.05) is 0 Å². The number of carbonyl (C=O) groups excluding carboxylic acids is 1. The van der Waals surface area contributed by atoms with Crippen LogP contribution in [0.4, 0.5) is 0 Å². The van der Waals surface area contributed by atoms with Gasteiger partial charge in [-0.25, -0.2) is 4.98 Å². The lowest BCUT2D eigenvalue weighted by Crippen LogP contribution is -2.37. The highest BCUT2D eigenvalue weighted by molar-refractivity contribution is 5.92. The van der Waals surface area contributed by atoms with Gasteiger partial charge in [0.05, 0.1) is 19.0 Å². The van der Waals surface area contributed by atoms with Crippen molar-refractivity contribution < 1.29 is 9.90 Å². The zero-order valence-corrected chi connectivity index (χ0v) is 9.63. The normalized spacial score (nSPS) is 12.5. The summed E-state index contributed by atoms with van der Waals surface area (Å²) in [6, 6.07) is -0.216. The number of likely N-dealkylation sites (N-methyl/N-ethyl adjacent to an activating group) is 1. The van der Waals surface area contributed by atoms with Crippen LogP contribution in [0.15, 0.2) is 12.5 Å². The summed E-state index contributed by atoms with van der Waals surface area (Å²) < 4.78 is 1.77. The molecule has 1 unspecified atom stereocenters. The number of aliphatic hydroxyl groups is 1. The van der Waals surface area contributed by atoms with Gasteiger partial charge in [0.2, 0.25) is 0 Å². The lowest BCUT2D eigenvalue weighted by atomic mass is 10.3. The Morgan fingerprint density at radius 3 is 3.00 bits per heavy atom. The van der Waals surface area contributed by atoms with Crippen LogP contribution in [-0.4, -0.2) is 51.7 Å². The molecule has 0 spiro atoms. The Hall–Kier alpha value is -1.40. The van der Waals surface area contributed by atoms with Gasteiger partial charge in [0.15, 0.2) is 0 Å². The SMILES string of the molecule is CC(CO)N(C)C(=O)c1cn(CCN)cn1. The van der Waals surface area contributed by atoms with Crippen molar-refractivity contribution in [1.82, 2.24) is 14.5 Å². The second-order valence-electron chi connectivity index (χ2n) is 3.73. The van der Waals surface area contributed by atoms with Crippen LogP contribution in [0.5, 0.6) is 0 Å². The molecule has 0 aliphatic heterocycles. The van der Waals surface area contributed by atoms with E-state index in [1.165, 1.54) is 4.90 Å². The smallest absolute Gasteiger partial charge is 0.274 e. The summed E-state index contributed by atoms with van der Waals surface area (Å²) in [6.07, 6.45) is 3.24. The number of carbonyl (C=O) groups is 1. The third-order valence-electron chi connectivity index (χ3n) is 2.49. The molecule has 0 aliphatic rings. The van der Waals surface area contributed by atoms with Gasteiger partial charge >= 0.3 is 0 Å². The highest BCUT2D eigenvalue weighted by Crippen LogP contribution is 2.04. The second kappa shape index (κ2) is 5.62. The zero-order chi connectivity index (χ0) is 12.1. The maximum Gasteiger partial charge on any atom is 0.274 e. The van der Waals surface area contributed by atoms with Crippen LogP contribution in [0.25, 0.3) is 0 Å². The van der Waals surface area contributed by atoms with E-state index in [0.29, 0.717) is 18.8 Å². The van der Waals surface area contributed by atoms with E-state index in [2.05, 4.69) is 4.98 Å². The number of aliphatic hydroxyl groups excluding tert-OH is 1. The summed E-state index contributed by atoms with van der Waals surface area (Å²) in [5.74, 6) is -0.197. The number of imidazole rings is 1. The van der Waals surface area contributed by atoms with Crippen LogP contribution in [0.3, 0.4) is 0 Å². The molecule has 0 saturated heterocycles. The molecule has 1 heterocycles. The molecule has 0 aliphatic carbocycles. The van der Waals surface area contributed by atoms with E-state index in [9.17, 15) is 4.79 Å². The first-order chi connectivity index (χ1) is 7.60. The number of nitrogens with zero attached hydrogens (tertiary/aromatic N) is 3. The molecule has 0 fully saturated rings. The molecule has 0 aromatic carbocycles. The first kappa shape index (κ1) is 12.7. The molecule has 1 aromatic rings. The predicted octanol–water partition coefficient (Wildman–Crippen LogP) is -0.705. The van der Waals surface area contributed by atoms with Crippen LogP contribution in [0, 0.1) is 0 Å². The van der Waals surface area contributed by atoms with E-state index in [-0.39, 0.29) is 18.6 Å². The summed E-state index contributed by atoms with van der Waals surface area (Å²) in [7, 11) is 1.64. The van der Waals surface area contributed by atoms with Gasteiger partial charge in [-0.3, -0.25) is 4.79 Å². The van der Waals surface area contributed by atoms with Crippen LogP contribution in [-0.2, 0) is 6.54 Å². The van der Waals surface area contributed by atoms with Crippen LogP contribution in [0.1, 0.15) is 17.4 Å². The molecule has 90 valence electrons. The quantitative estimate of drug-likeness (QED) is 0.695. The monoisotopic (exact) mass is 226 g/mol. The highest BCUT2D eigenvalue weighted by Gasteiger charge is 2.18. The van der Waals surface area contributed by atoms with E-state index >= 15 is 0 Å². The van der Waals surface area contributed by atoms with Crippen molar-refractivity contribution in [1.29, 1.82) is 0 Å². The van der Waals surface area contributed by atoms with E-state index in [0.717, 1.165) is 0 Å². The number of rotatable bonds is 5. The lowest BCUT2D eigenvalue weighted by Gasteiger charge is -2.21. The Balaban J connectivity index is 2.72. The van der Waals surface area contributed by atoms with E-state index in [4.69, 9.17) is 10.8 Å². The molecule has 0 radical (unpaired) electrons. The fourth-order valence-electron chi connectivity index (χ4n) is 1.25. The summed E-state index contributed by atoms with van der Waals surface area (Å²) in [5.41, 5.74) is 5.77. The first-order valence-electron chi connectivity index (χ1n) is 5.20. The standard InChI is InChI=1S/C10H18N4O2/c1-8(6-15)13(2)10(16)9-5-14(4-3-11)7-12-9/h5,7-8,15H,3-4,6,11H2,1-2H3. The van der Waals surface area contributed by atoms with E-state index in [1.807, 2.05) is 0 Å². The third kappa shape index (κ3) is 2.80. The Kier molecular flexibility index (Phi) is 4.45. The topological polar surface area (TPSA) is 84.4 Å². The number of amides is 1. The predicted molar refractivity (Wildman–Crippen MR) is 59.9 cm³/mol. The van der Waals surface area contributed by atoms with Gasteiger partial charge in [-0.15, -0.1) is 0 Å². The molecule has 6 nitrogen and oxygen atoms in total. The largest absolute Gasteiger partial charge is 0.394 e. The van der Waals surface area contributed by atoms with Crippen molar-refractivity contribution in [2.24, 2.45) is 5.73 Å². The number of aromatic nitrogens is 2. The van der Waals surface area contributed by atoms with Gasteiger partial charge in [0.1, 0.15) is 5.69 Å². The molecule has 1 amide bonds. The van der Waals surface area contributed by atoms with Crippen molar-refractivity contribution >= 4 is 5.91 Å². The molecule has 1 atom stereocenters. The minimum absolute atomic E-state index is 0.0637. The highest BCUT2D eigenvalue weighted by atomic mass is 16.3. The molecule has 6 heteroatoms. The fourth-order valence-corrected chi connectivity index (χ4v) is 1.25. The van der Waals surface area contributed by atoms with Crippen LogP contribution < -0.4 is 5.73 Å². The molecular weight excluding hydrogens is 208 g/mol. The van der Waals surface area contributed by atoms with Crippen molar-refractivity contribution in [2.45, 2.75) is 19.5 Å². The minimum Gasteiger partial charge on any atom is -0.394 e. The summed E-state index contributed by atoms with van der Waals surface area (Å²) in [5, 5.41) is 8.95. The van der Waals surface area contributed by atoms with Crippen molar-refractivity contribution in [2.75, 3.05) is 20.2 Å². The van der Waals surface area contributed by atoms with Gasteiger partial charge in [0, 0.05) is 26.3 Å². The van der Waals surface area contributed by atoms with Crippen molar-refractivity contribution in [3.8, 4) is 0 Å². The molecule has 3 N–H and O–H groups in total. The van der Waals surface area contributed by atoms with Gasteiger partial charge in [0.25, 0.3) is 5.91 Å². The molecule has 0 bridgehead atoms. The van der Waals surface area contributed by atoms with Crippen molar-refractivity contribution in [3.63, 3.8) is 0 Å². The second-order valence-corrected chi connectivity index (χ2v) is 3.73. The van der Waals surface area contributed by atoms with Crippen LogP contribution in [0.2, 0.25) is 0 Å². The average molecular weight is 226 g/mol. The van der Waals surface area contributed by atoms with E-state index in [1.54, 1.807) is 31.1 Å². The third-order valence-corrected chi connectivity index (χ3v) is 2.49. The first-order valence-corrected chi connectivity index (χ1v) is 5.20. The maximum absolute atomic E-state index is 11.9. The molecule has 0 saturated carbocycles. The summed E-state index contributed by atoms with van der Waals surface area (Å²) in [6.45, 7) is 2.85. The molecule has 1 rings (SSSR count).